The minimum absolute atomic E-state index is 0.0921. The fourth-order valence-electron chi connectivity index (χ4n) is 0.383. The third-order valence-electron chi connectivity index (χ3n) is 0.843. The standard InChI is InChI=1S/C8H10O/c1-3-8(4-2)6-5-7-9/h3-4,9H,1,7H2,2H3/b8-4+. The van der Waals surface area contributed by atoms with E-state index in [0.717, 1.165) is 5.57 Å². The summed E-state index contributed by atoms with van der Waals surface area (Å²) in [5.74, 6) is 5.23. The van der Waals surface area contributed by atoms with Crippen molar-refractivity contribution in [2.45, 2.75) is 6.92 Å². The van der Waals surface area contributed by atoms with E-state index in [1.807, 2.05) is 13.0 Å². The lowest BCUT2D eigenvalue weighted by atomic mass is 10.2. The van der Waals surface area contributed by atoms with Gasteiger partial charge in [-0.25, -0.2) is 0 Å². The highest BCUT2D eigenvalue weighted by atomic mass is 16.2. The van der Waals surface area contributed by atoms with Crippen molar-refractivity contribution in [1.29, 1.82) is 0 Å². The Morgan fingerprint density at radius 1 is 1.78 bits per heavy atom. The predicted molar refractivity (Wildman–Crippen MR) is 38.8 cm³/mol. The predicted octanol–water partition coefficient (Wildman–Crippen LogP) is 1.11. The van der Waals surface area contributed by atoms with Crippen LogP contribution < -0.4 is 0 Å². The second-order valence-corrected chi connectivity index (χ2v) is 1.41. The highest BCUT2D eigenvalue weighted by molar-refractivity contribution is 5.36. The Morgan fingerprint density at radius 2 is 2.44 bits per heavy atom. The van der Waals surface area contributed by atoms with Crippen LogP contribution >= 0.6 is 0 Å². The quantitative estimate of drug-likeness (QED) is 0.408. The van der Waals surface area contributed by atoms with Gasteiger partial charge >= 0.3 is 0 Å². The first kappa shape index (κ1) is 8.00. The van der Waals surface area contributed by atoms with Gasteiger partial charge in [-0.05, 0) is 6.92 Å². The summed E-state index contributed by atoms with van der Waals surface area (Å²) in [6.07, 6.45) is 3.50. The van der Waals surface area contributed by atoms with Crippen LogP contribution in [0.2, 0.25) is 0 Å². The average molecular weight is 122 g/mol. The number of aliphatic hydroxyl groups is 1. The van der Waals surface area contributed by atoms with E-state index in [4.69, 9.17) is 5.11 Å². The van der Waals surface area contributed by atoms with Crippen molar-refractivity contribution < 1.29 is 5.11 Å². The summed E-state index contributed by atoms with van der Waals surface area (Å²) in [5.41, 5.74) is 0.851. The summed E-state index contributed by atoms with van der Waals surface area (Å²) in [7, 11) is 0. The second-order valence-electron chi connectivity index (χ2n) is 1.41. The van der Waals surface area contributed by atoms with Gasteiger partial charge in [0.1, 0.15) is 6.61 Å². The van der Waals surface area contributed by atoms with Crippen LogP contribution in [0.15, 0.2) is 24.3 Å². The van der Waals surface area contributed by atoms with Gasteiger partial charge < -0.3 is 5.11 Å². The number of aliphatic hydroxyl groups excluding tert-OH is 1. The average Bonchev–Trinajstić information content (AvgIpc) is 1.91. The zero-order chi connectivity index (χ0) is 7.11. The molecule has 0 saturated heterocycles. The Labute approximate surface area is 55.7 Å². The second kappa shape index (κ2) is 5.14. The normalized spacial score (nSPS) is 9.78. The van der Waals surface area contributed by atoms with Gasteiger partial charge in [0.15, 0.2) is 0 Å². The Morgan fingerprint density at radius 3 is 2.78 bits per heavy atom. The number of rotatable bonds is 1. The molecule has 0 bridgehead atoms. The summed E-state index contributed by atoms with van der Waals surface area (Å²) in [4.78, 5) is 0. The van der Waals surface area contributed by atoms with Gasteiger partial charge in [-0.2, -0.15) is 0 Å². The molecule has 1 heteroatoms. The van der Waals surface area contributed by atoms with E-state index in [1.165, 1.54) is 0 Å². The highest BCUT2D eigenvalue weighted by Crippen LogP contribution is 1.89. The van der Waals surface area contributed by atoms with E-state index in [0.29, 0.717) is 0 Å². The van der Waals surface area contributed by atoms with E-state index < -0.39 is 0 Å². The van der Waals surface area contributed by atoms with Crippen molar-refractivity contribution in [3.8, 4) is 11.8 Å². The van der Waals surface area contributed by atoms with Crippen molar-refractivity contribution in [2.75, 3.05) is 6.61 Å². The molecule has 9 heavy (non-hydrogen) atoms. The minimum atomic E-state index is -0.0921. The summed E-state index contributed by atoms with van der Waals surface area (Å²) < 4.78 is 0. The first-order chi connectivity index (χ1) is 4.35. The van der Waals surface area contributed by atoms with Crippen LogP contribution in [-0.2, 0) is 0 Å². The van der Waals surface area contributed by atoms with Gasteiger partial charge in [-0.1, -0.05) is 30.6 Å². The van der Waals surface area contributed by atoms with Crippen molar-refractivity contribution in [2.24, 2.45) is 0 Å². The molecule has 0 rings (SSSR count). The number of hydrogen-bond donors (Lipinski definition) is 1. The summed E-state index contributed by atoms with van der Waals surface area (Å²) in [6.45, 7) is 5.32. The molecular weight excluding hydrogens is 112 g/mol. The molecule has 0 aromatic heterocycles. The lowest BCUT2D eigenvalue weighted by molar-refractivity contribution is 0.350. The maximum Gasteiger partial charge on any atom is 0.104 e. The van der Waals surface area contributed by atoms with Gasteiger partial charge in [-0.15, -0.1) is 0 Å². The monoisotopic (exact) mass is 122 g/mol. The molecule has 0 aromatic carbocycles. The molecule has 48 valence electrons. The highest BCUT2D eigenvalue weighted by Gasteiger charge is 1.75. The molecular formula is C8H10O. The molecule has 0 unspecified atom stereocenters. The van der Waals surface area contributed by atoms with Crippen molar-refractivity contribution >= 4 is 0 Å². The topological polar surface area (TPSA) is 20.2 Å². The largest absolute Gasteiger partial charge is 0.384 e. The molecule has 1 N–H and O–H groups in total. The molecule has 0 aliphatic rings. The fourth-order valence-corrected chi connectivity index (χ4v) is 0.383. The minimum Gasteiger partial charge on any atom is -0.384 e. The maximum absolute atomic E-state index is 8.27. The number of hydrogen-bond acceptors (Lipinski definition) is 1. The lowest BCUT2D eigenvalue weighted by Crippen LogP contribution is -1.73. The molecule has 0 spiro atoms. The summed E-state index contributed by atoms with van der Waals surface area (Å²) in [6, 6.07) is 0. The SMILES string of the molecule is C=C/C(C#CCO)=C\C. The third-order valence-corrected chi connectivity index (χ3v) is 0.843. The molecule has 0 aromatic rings. The molecule has 0 fully saturated rings. The van der Waals surface area contributed by atoms with Crippen LogP contribution in [0.1, 0.15) is 6.92 Å². The molecule has 0 radical (unpaired) electrons. The maximum atomic E-state index is 8.27. The molecule has 1 nitrogen and oxygen atoms in total. The molecule has 0 amide bonds. The Balaban J connectivity index is 4.00. The summed E-state index contributed by atoms with van der Waals surface area (Å²) in [5, 5.41) is 8.27. The lowest BCUT2D eigenvalue weighted by Gasteiger charge is -1.81. The zero-order valence-electron chi connectivity index (χ0n) is 5.52. The Kier molecular flexibility index (Phi) is 4.57. The molecule has 0 aliphatic carbocycles. The molecule has 0 atom stereocenters. The Bertz CT molecular complexity index is 167. The van der Waals surface area contributed by atoms with Gasteiger partial charge in [0.25, 0.3) is 0 Å². The van der Waals surface area contributed by atoms with E-state index in [-0.39, 0.29) is 6.61 Å². The number of allylic oxidation sites excluding steroid dienone is 3. The van der Waals surface area contributed by atoms with Crippen LogP contribution in [0.25, 0.3) is 0 Å². The van der Waals surface area contributed by atoms with Gasteiger partial charge in [0.2, 0.25) is 0 Å². The van der Waals surface area contributed by atoms with Crippen LogP contribution in [0, 0.1) is 11.8 Å². The van der Waals surface area contributed by atoms with Crippen LogP contribution in [0.5, 0.6) is 0 Å². The van der Waals surface area contributed by atoms with E-state index in [1.54, 1.807) is 6.08 Å². The van der Waals surface area contributed by atoms with E-state index >= 15 is 0 Å². The fraction of sp³-hybridized carbons (Fsp3) is 0.250. The van der Waals surface area contributed by atoms with Crippen LogP contribution in [-0.4, -0.2) is 11.7 Å². The van der Waals surface area contributed by atoms with E-state index in [2.05, 4.69) is 18.4 Å². The van der Waals surface area contributed by atoms with Crippen molar-refractivity contribution in [3.63, 3.8) is 0 Å². The van der Waals surface area contributed by atoms with Gasteiger partial charge in [0, 0.05) is 5.57 Å². The van der Waals surface area contributed by atoms with Gasteiger partial charge in [0.05, 0.1) is 0 Å². The van der Waals surface area contributed by atoms with Gasteiger partial charge in [-0.3, -0.25) is 0 Å². The first-order valence-corrected chi connectivity index (χ1v) is 2.73. The Hall–Kier alpha value is -1.00. The van der Waals surface area contributed by atoms with Crippen molar-refractivity contribution in [1.82, 2.24) is 0 Å². The summed E-state index contributed by atoms with van der Waals surface area (Å²) >= 11 is 0. The smallest absolute Gasteiger partial charge is 0.104 e. The molecule has 0 aliphatic heterocycles. The van der Waals surface area contributed by atoms with E-state index in [9.17, 15) is 0 Å². The third kappa shape index (κ3) is 3.57. The van der Waals surface area contributed by atoms with Crippen molar-refractivity contribution in [3.05, 3.63) is 24.3 Å². The first-order valence-electron chi connectivity index (χ1n) is 2.73. The molecule has 0 saturated carbocycles. The van der Waals surface area contributed by atoms with Crippen LogP contribution in [0.3, 0.4) is 0 Å². The van der Waals surface area contributed by atoms with Crippen LogP contribution in [0.4, 0.5) is 0 Å². The zero-order valence-corrected chi connectivity index (χ0v) is 5.52. The molecule has 0 heterocycles.